The van der Waals surface area contributed by atoms with Gasteiger partial charge in [-0.15, -0.1) is 0 Å². The minimum atomic E-state index is 0.479. The Bertz CT molecular complexity index is 549. The number of hydrogen-bond donors (Lipinski definition) is 0. The van der Waals surface area contributed by atoms with Crippen LogP contribution in [-0.2, 0) is 6.61 Å². The topological polar surface area (TPSA) is 9.23 Å². The van der Waals surface area contributed by atoms with Gasteiger partial charge in [-0.1, -0.05) is 59.6 Å². The molecule has 2 rings (SSSR count). The summed E-state index contributed by atoms with van der Waals surface area (Å²) < 4.78 is 6.72. The van der Waals surface area contributed by atoms with Gasteiger partial charge in [0.05, 0.1) is 0 Å². The maximum Gasteiger partial charge on any atom is 0.119 e. The predicted octanol–water partition coefficient (Wildman–Crippen LogP) is 5.80. The molecule has 0 aliphatic carbocycles. The van der Waals surface area contributed by atoms with Gasteiger partial charge in [0.1, 0.15) is 12.4 Å². The van der Waals surface area contributed by atoms with Crippen molar-refractivity contribution in [2.75, 3.05) is 0 Å². The van der Waals surface area contributed by atoms with E-state index in [2.05, 4.69) is 41.9 Å². The summed E-state index contributed by atoms with van der Waals surface area (Å²) in [4.78, 5) is 0. The lowest BCUT2D eigenvalue weighted by molar-refractivity contribution is 0.306. The van der Waals surface area contributed by atoms with Crippen molar-refractivity contribution in [3.63, 3.8) is 0 Å². The molecule has 0 N–H and O–H groups in total. The van der Waals surface area contributed by atoms with E-state index in [0.717, 1.165) is 15.8 Å². The van der Waals surface area contributed by atoms with E-state index < -0.39 is 0 Å². The minimum absolute atomic E-state index is 0.479. The summed E-state index contributed by atoms with van der Waals surface area (Å²) in [6, 6.07) is 14.0. The molecule has 0 amide bonds. The minimum Gasteiger partial charge on any atom is -0.489 e. The zero-order valence-electron chi connectivity index (χ0n) is 11.0. The molecular weight excluding hydrogens is 324 g/mol. The van der Waals surface area contributed by atoms with Gasteiger partial charge in [-0.05, 0) is 35.7 Å². The third-order valence-corrected chi connectivity index (χ3v) is 3.80. The molecule has 100 valence electrons. The molecule has 0 aliphatic rings. The lowest BCUT2D eigenvalue weighted by atomic mass is 10.0. The summed E-state index contributed by atoms with van der Waals surface area (Å²) in [6.45, 7) is 4.84. The zero-order valence-corrected chi connectivity index (χ0v) is 13.3. The SMILES string of the molecule is CC(C)c1ccc(OCc2ccc(Br)cc2Cl)cc1. The Morgan fingerprint density at radius 3 is 2.37 bits per heavy atom. The van der Waals surface area contributed by atoms with Crippen LogP contribution in [-0.4, -0.2) is 0 Å². The average molecular weight is 340 g/mol. The van der Waals surface area contributed by atoms with Gasteiger partial charge in [0.2, 0.25) is 0 Å². The monoisotopic (exact) mass is 338 g/mol. The van der Waals surface area contributed by atoms with Crippen molar-refractivity contribution in [1.82, 2.24) is 0 Å². The summed E-state index contributed by atoms with van der Waals surface area (Å²) in [5, 5.41) is 0.716. The molecule has 2 aromatic carbocycles. The van der Waals surface area contributed by atoms with Gasteiger partial charge in [0.25, 0.3) is 0 Å². The molecule has 3 heteroatoms. The number of rotatable bonds is 4. The maximum atomic E-state index is 6.15. The Hall–Kier alpha value is -0.990. The Labute approximate surface area is 127 Å². The Morgan fingerprint density at radius 1 is 1.11 bits per heavy atom. The molecule has 0 spiro atoms. The van der Waals surface area contributed by atoms with Crippen LogP contribution in [0.25, 0.3) is 0 Å². The smallest absolute Gasteiger partial charge is 0.119 e. The van der Waals surface area contributed by atoms with E-state index in [1.165, 1.54) is 5.56 Å². The fourth-order valence-electron chi connectivity index (χ4n) is 1.75. The Morgan fingerprint density at radius 2 is 1.79 bits per heavy atom. The lowest BCUT2D eigenvalue weighted by Gasteiger charge is -2.10. The van der Waals surface area contributed by atoms with Crippen molar-refractivity contribution in [3.8, 4) is 5.75 Å². The van der Waals surface area contributed by atoms with Crippen molar-refractivity contribution in [2.45, 2.75) is 26.4 Å². The summed E-state index contributed by atoms with van der Waals surface area (Å²) in [5.41, 5.74) is 2.30. The average Bonchev–Trinajstić information content (AvgIpc) is 2.38. The van der Waals surface area contributed by atoms with E-state index in [1.54, 1.807) is 0 Å². The van der Waals surface area contributed by atoms with Crippen LogP contribution in [0.3, 0.4) is 0 Å². The third-order valence-electron chi connectivity index (χ3n) is 2.96. The highest BCUT2D eigenvalue weighted by molar-refractivity contribution is 9.10. The standard InChI is InChI=1S/C16H16BrClO/c1-11(2)12-4-7-15(8-5-12)19-10-13-3-6-14(17)9-16(13)18/h3-9,11H,10H2,1-2H3. The van der Waals surface area contributed by atoms with Crippen LogP contribution in [0, 0.1) is 0 Å². The van der Waals surface area contributed by atoms with Crippen LogP contribution in [0.2, 0.25) is 5.02 Å². The fourth-order valence-corrected chi connectivity index (χ4v) is 2.48. The number of halogens is 2. The van der Waals surface area contributed by atoms with Crippen LogP contribution < -0.4 is 4.74 Å². The van der Waals surface area contributed by atoms with Gasteiger partial charge < -0.3 is 4.74 Å². The molecule has 2 aromatic rings. The molecule has 0 fully saturated rings. The molecule has 0 bridgehead atoms. The first-order valence-electron chi connectivity index (χ1n) is 6.23. The van der Waals surface area contributed by atoms with Crippen molar-refractivity contribution in [2.24, 2.45) is 0 Å². The first-order chi connectivity index (χ1) is 9.06. The fraction of sp³-hybridized carbons (Fsp3) is 0.250. The molecule has 19 heavy (non-hydrogen) atoms. The van der Waals surface area contributed by atoms with Gasteiger partial charge in [-0.2, -0.15) is 0 Å². The first-order valence-corrected chi connectivity index (χ1v) is 7.40. The molecule has 0 saturated heterocycles. The highest BCUT2D eigenvalue weighted by Gasteiger charge is 2.03. The van der Waals surface area contributed by atoms with E-state index in [4.69, 9.17) is 16.3 Å². The Balaban J connectivity index is 2.02. The second-order valence-corrected chi connectivity index (χ2v) is 6.07. The third kappa shape index (κ3) is 3.99. The van der Waals surface area contributed by atoms with E-state index in [0.29, 0.717) is 17.5 Å². The molecule has 0 saturated carbocycles. The molecule has 0 unspecified atom stereocenters. The van der Waals surface area contributed by atoms with Crippen LogP contribution in [0.15, 0.2) is 46.9 Å². The lowest BCUT2D eigenvalue weighted by Crippen LogP contribution is -1.96. The van der Waals surface area contributed by atoms with Gasteiger partial charge in [0, 0.05) is 15.1 Å². The summed E-state index contributed by atoms with van der Waals surface area (Å²) in [6.07, 6.45) is 0. The highest BCUT2D eigenvalue weighted by Crippen LogP contribution is 2.24. The largest absolute Gasteiger partial charge is 0.489 e. The first kappa shape index (κ1) is 14.4. The normalized spacial score (nSPS) is 10.8. The van der Waals surface area contributed by atoms with Crippen LogP contribution in [0.4, 0.5) is 0 Å². The quantitative estimate of drug-likeness (QED) is 0.683. The molecule has 0 heterocycles. The summed E-state index contributed by atoms with van der Waals surface area (Å²) >= 11 is 9.54. The predicted molar refractivity (Wildman–Crippen MR) is 84.0 cm³/mol. The highest BCUT2D eigenvalue weighted by atomic mass is 79.9. The van der Waals surface area contributed by atoms with E-state index in [-0.39, 0.29) is 0 Å². The number of benzene rings is 2. The second-order valence-electron chi connectivity index (χ2n) is 4.75. The number of ether oxygens (including phenoxy) is 1. The zero-order chi connectivity index (χ0) is 13.8. The van der Waals surface area contributed by atoms with Crippen molar-refractivity contribution in [3.05, 3.63) is 63.1 Å². The molecular formula is C16H16BrClO. The maximum absolute atomic E-state index is 6.15. The molecule has 0 aromatic heterocycles. The van der Waals surface area contributed by atoms with Crippen molar-refractivity contribution >= 4 is 27.5 Å². The van der Waals surface area contributed by atoms with Gasteiger partial charge in [-0.3, -0.25) is 0 Å². The number of hydrogen-bond acceptors (Lipinski definition) is 1. The van der Waals surface area contributed by atoms with Crippen molar-refractivity contribution < 1.29 is 4.74 Å². The molecule has 0 aliphatic heterocycles. The molecule has 0 atom stereocenters. The van der Waals surface area contributed by atoms with Crippen molar-refractivity contribution in [1.29, 1.82) is 0 Å². The van der Waals surface area contributed by atoms with E-state index >= 15 is 0 Å². The van der Waals surface area contributed by atoms with Crippen LogP contribution >= 0.6 is 27.5 Å². The summed E-state index contributed by atoms with van der Waals surface area (Å²) in [7, 11) is 0. The van der Waals surface area contributed by atoms with Gasteiger partial charge in [0.15, 0.2) is 0 Å². The Kier molecular flexibility index (Phi) is 4.89. The van der Waals surface area contributed by atoms with Crippen LogP contribution in [0.5, 0.6) is 5.75 Å². The molecule has 1 nitrogen and oxygen atoms in total. The summed E-state index contributed by atoms with van der Waals surface area (Å²) in [5.74, 6) is 1.40. The van der Waals surface area contributed by atoms with Gasteiger partial charge >= 0.3 is 0 Å². The van der Waals surface area contributed by atoms with E-state index in [1.807, 2.05) is 30.3 Å². The van der Waals surface area contributed by atoms with E-state index in [9.17, 15) is 0 Å². The molecule has 0 radical (unpaired) electrons. The van der Waals surface area contributed by atoms with Crippen LogP contribution in [0.1, 0.15) is 30.9 Å². The second kappa shape index (κ2) is 6.44. The van der Waals surface area contributed by atoms with Gasteiger partial charge in [-0.25, -0.2) is 0 Å².